The molecule has 94 valence electrons. The Balaban J connectivity index is 2.61. The van der Waals surface area contributed by atoms with Gasteiger partial charge < -0.3 is 10.0 Å². The highest BCUT2D eigenvalue weighted by Gasteiger charge is 2.16. The number of hydrogen-bond acceptors (Lipinski definition) is 3. The van der Waals surface area contributed by atoms with Crippen molar-refractivity contribution in [1.29, 1.82) is 0 Å². The second kappa shape index (κ2) is 5.04. The molecule has 4 heteroatoms. The van der Waals surface area contributed by atoms with Crippen LogP contribution in [-0.4, -0.2) is 29.7 Å². The van der Waals surface area contributed by atoms with Gasteiger partial charge in [-0.3, -0.25) is 0 Å². The molecule has 0 aliphatic rings. The van der Waals surface area contributed by atoms with Crippen LogP contribution in [0.2, 0.25) is 0 Å². The molecule has 0 aliphatic heterocycles. The second-order valence-corrected chi connectivity index (χ2v) is 4.28. The van der Waals surface area contributed by atoms with Crippen molar-refractivity contribution in [2.24, 2.45) is 0 Å². The van der Waals surface area contributed by atoms with Gasteiger partial charge in [-0.1, -0.05) is 25.1 Å². The van der Waals surface area contributed by atoms with E-state index in [0.29, 0.717) is 5.82 Å². The number of para-hydroxylation sites is 1. The summed E-state index contributed by atoms with van der Waals surface area (Å²) in [6.45, 7) is 2.84. The van der Waals surface area contributed by atoms with Crippen molar-refractivity contribution in [2.45, 2.75) is 13.3 Å². The molecule has 0 radical (unpaired) electrons. The summed E-state index contributed by atoms with van der Waals surface area (Å²) in [6, 6.07) is 9.24. The summed E-state index contributed by atoms with van der Waals surface area (Å²) in [5.74, 6) is -0.408. The number of rotatable bonds is 4. The number of fused-ring (bicyclic) bond motifs is 1. The Morgan fingerprint density at radius 3 is 2.78 bits per heavy atom. The number of nitrogens with zero attached hydrogens (tertiary/aromatic N) is 2. The van der Waals surface area contributed by atoms with Crippen LogP contribution in [0.3, 0.4) is 0 Å². The van der Waals surface area contributed by atoms with Crippen LogP contribution in [0.5, 0.6) is 0 Å². The molecule has 0 spiro atoms. The minimum absolute atomic E-state index is 0.254. The third-order valence-corrected chi connectivity index (χ3v) is 2.85. The third kappa shape index (κ3) is 2.27. The lowest BCUT2D eigenvalue weighted by Crippen LogP contribution is -2.22. The van der Waals surface area contributed by atoms with Crippen LogP contribution in [0.15, 0.2) is 30.3 Å². The van der Waals surface area contributed by atoms with Gasteiger partial charge in [0.05, 0.1) is 5.52 Å². The fourth-order valence-corrected chi connectivity index (χ4v) is 2.00. The van der Waals surface area contributed by atoms with Crippen LogP contribution >= 0.6 is 0 Å². The number of benzene rings is 1. The van der Waals surface area contributed by atoms with E-state index in [9.17, 15) is 9.90 Å². The van der Waals surface area contributed by atoms with Crippen LogP contribution in [0.1, 0.15) is 23.7 Å². The van der Waals surface area contributed by atoms with E-state index < -0.39 is 5.97 Å². The molecule has 1 aromatic carbocycles. The highest BCUT2D eigenvalue weighted by Crippen LogP contribution is 2.23. The van der Waals surface area contributed by atoms with E-state index in [1.54, 1.807) is 6.07 Å². The van der Waals surface area contributed by atoms with Crippen molar-refractivity contribution >= 4 is 22.7 Å². The SMILES string of the molecule is CCCN(C)c1nc2ccccc2cc1C(=O)O. The molecule has 0 bridgehead atoms. The van der Waals surface area contributed by atoms with E-state index in [0.717, 1.165) is 23.9 Å². The number of carboxylic acids is 1. The highest BCUT2D eigenvalue weighted by molar-refractivity contribution is 5.98. The summed E-state index contributed by atoms with van der Waals surface area (Å²) in [4.78, 5) is 17.7. The molecule has 0 saturated heterocycles. The number of carbonyl (C=O) groups is 1. The normalized spacial score (nSPS) is 10.6. The maximum Gasteiger partial charge on any atom is 0.339 e. The monoisotopic (exact) mass is 244 g/mol. The minimum atomic E-state index is -0.939. The van der Waals surface area contributed by atoms with Gasteiger partial charge in [-0.25, -0.2) is 9.78 Å². The van der Waals surface area contributed by atoms with Crippen LogP contribution in [0.4, 0.5) is 5.82 Å². The lowest BCUT2D eigenvalue weighted by atomic mass is 10.1. The summed E-state index contributed by atoms with van der Waals surface area (Å²) < 4.78 is 0. The van der Waals surface area contributed by atoms with Gasteiger partial charge in [-0.2, -0.15) is 0 Å². The molecule has 1 heterocycles. The average molecular weight is 244 g/mol. The molecule has 4 nitrogen and oxygen atoms in total. The van der Waals surface area contributed by atoms with Gasteiger partial charge in [0.15, 0.2) is 0 Å². The van der Waals surface area contributed by atoms with Gasteiger partial charge >= 0.3 is 5.97 Å². The Bertz CT molecular complexity index is 581. The smallest absolute Gasteiger partial charge is 0.339 e. The number of pyridine rings is 1. The molecular weight excluding hydrogens is 228 g/mol. The van der Waals surface area contributed by atoms with Crippen molar-refractivity contribution in [3.8, 4) is 0 Å². The molecular formula is C14H16N2O2. The first-order valence-corrected chi connectivity index (χ1v) is 5.97. The minimum Gasteiger partial charge on any atom is -0.478 e. The largest absolute Gasteiger partial charge is 0.478 e. The van der Waals surface area contributed by atoms with E-state index in [4.69, 9.17) is 0 Å². The lowest BCUT2D eigenvalue weighted by Gasteiger charge is -2.19. The number of aromatic nitrogens is 1. The quantitative estimate of drug-likeness (QED) is 0.898. The van der Waals surface area contributed by atoms with Gasteiger partial charge in [-0.15, -0.1) is 0 Å². The fourth-order valence-electron chi connectivity index (χ4n) is 2.00. The van der Waals surface area contributed by atoms with Crippen molar-refractivity contribution in [2.75, 3.05) is 18.5 Å². The van der Waals surface area contributed by atoms with Crippen molar-refractivity contribution in [1.82, 2.24) is 4.98 Å². The van der Waals surface area contributed by atoms with Crippen LogP contribution in [0, 0.1) is 0 Å². The Labute approximate surface area is 106 Å². The summed E-state index contributed by atoms with van der Waals surface area (Å²) >= 11 is 0. The van der Waals surface area contributed by atoms with Gasteiger partial charge in [-0.05, 0) is 18.6 Å². The second-order valence-electron chi connectivity index (χ2n) is 4.28. The molecule has 0 unspecified atom stereocenters. The molecule has 1 aromatic heterocycles. The van der Waals surface area contributed by atoms with E-state index in [2.05, 4.69) is 11.9 Å². The molecule has 2 rings (SSSR count). The van der Waals surface area contributed by atoms with Crippen molar-refractivity contribution < 1.29 is 9.90 Å². The van der Waals surface area contributed by atoms with Gasteiger partial charge in [0, 0.05) is 19.0 Å². The van der Waals surface area contributed by atoms with Gasteiger partial charge in [0.1, 0.15) is 11.4 Å². The Morgan fingerprint density at radius 2 is 2.11 bits per heavy atom. The maximum atomic E-state index is 11.3. The predicted molar refractivity (Wildman–Crippen MR) is 72.3 cm³/mol. The van der Waals surface area contributed by atoms with Crippen molar-refractivity contribution in [3.63, 3.8) is 0 Å². The highest BCUT2D eigenvalue weighted by atomic mass is 16.4. The number of carboxylic acid groups (broad SMARTS) is 1. The van der Waals surface area contributed by atoms with E-state index in [-0.39, 0.29) is 5.56 Å². The molecule has 0 amide bonds. The van der Waals surface area contributed by atoms with Crippen LogP contribution < -0.4 is 4.90 Å². The van der Waals surface area contributed by atoms with E-state index in [1.165, 1.54) is 0 Å². The summed E-state index contributed by atoms with van der Waals surface area (Å²) in [7, 11) is 1.87. The van der Waals surface area contributed by atoms with Crippen molar-refractivity contribution in [3.05, 3.63) is 35.9 Å². The zero-order valence-corrected chi connectivity index (χ0v) is 10.6. The number of aromatic carboxylic acids is 1. The summed E-state index contributed by atoms with van der Waals surface area (Å²) in [6.07, 6.45) is 0.948. The van der Waals surface area contributed by atoms with Gasteiger partial charge in [0.2, 0.25) is 0 Å². The first kappa shape index (κ1) is 12.4. The molecule has 0 aliphatic carbocycles. The summed E-state index contributed by atoms with van der Waals surface area (Å²) in [5.41, 5.74) is 1.07. The molecule has 0 fully saturated rings. The average Bonchev–Trinajstić information content (AvgIpc) is 2.37. The topological polar surface area (TPSA) is 53.4 Å². The Hall–Kier alpha value is -2.10. The molecule has 0 saturated carbocycles. The zero-order chi connectivity index (χ0) is 13.1. The van der Waals surface area contributed by atoms with E-state index >= 15 is 0 Å². The Morgan fingerprint density at radius 1 is 1.39 bits per heavy atom. The standard InChI is InChI=1S/C14H16N2O2/c1-3-8-16(2)13-11(14(17)18)9-10-6-4-5-7-12(10)15-13/h4-7,9H,3,8H2,1-2H3,(H,17,18). The zero-order valence-electron chi connectivity index (χ0n) is 10.6. The molecule has 18 heavy (non-hydrogen) atoms. The predicted octanol–water partition coefficient (Wildman–Crippen LogP) is 2.78. The van der Waals surface area contributed by atoms with Crippen LogP contribution in [-0.2, 0) is 0 Å². The molecule has 0 atom stereocenters. The van der Waals surface area contributed by atoms with Crippen LogP contribution in [0.25, 0.3) is 10.9 Å². The maximum absolute atomic E-state index is 11.3. The third-order valence-electron chi connectivity index (χ3n) is 2.85. The lowest BCUT2D eigenvalue weighted by molar-refractivity contribution is 0.0697. The fraction of sp³-hybridized carbons (Fsp3) is 0.286. The molecule has 1 N–H and O–H groups in total. The first-order valence-electron chi connectivity index (χ1n) is 5.97. The van der Waals surface area contributed by atoms with E-state index in [1.807, 2.05) is 36.2 Å². The summed E-state index contributed by atoms with van der Waals surface area (Å²) in [5, 5.41) is 10.1. The Kier molecular flexibility index (Phi) is 3.46. The number of hydrogen-bond donors (Lipinski definition) is 1. The molecule has 2 aromatic rings. The van der Waals surface area contributed by atoms with Gasteiger partial charge in [0.25, 0.3) is 0 Å². The first-order chi connectivity index (χ1) is 8.63. The number of anilines is 1.